The summed E-state index contributed by atoms with van der Waals surface area (Å²) in [6.45, 7) is 11.3. The fourth-order valence-electron chi connectivity index (χ4n) is 6.37. The average molecular weight is 909 g/mol. The van der Waals surface area contributed by atoms with Gasteiger partial charge in [0.25, 0.3) is 0 Å². The van der Waals surface area contributed by atoms with Crippen molar-refractivity contribution in [3.63, 3.8) is 0 Å². The molecule has 4 nitrogen and oxygen atoms in total. The van der Waals surface area contributed by atoms with Gasteiger partial charge in [-0.05, 0) is 0 Å². The van der Waals surface area contributed by atoms with E-state index in [2.05, 4.69) is 140 Å². The Hall–Kier alpha value is -1.84. The van der Waals surface area contributed by atoms with Gasteiger partial charge >= 0.3 is 322 Å². The first-order valence-electron chi connectivity index (χ1n) is 17.1. The van der Waals surface area contributed by atoms with Gasteiger partial charge in [0, 0.05) is 0 Å². The maximum absolute atomic E-state index is 6.65. The van der Waals surface area contributed by atoms with Crippen LogP contribution < -0.4 is 36.8 Å². The number of fused-ring (bicyclic) bond motifs is 8. The SMILES string of the molecule is CCCOc1c2cc([SeH])cc1Cc1cc([SeH])cc(c1OCCC)Cc1cc([SeH])cc(c1OCCC)Cc1cc([SeH])cc(c1OCCC)C2. The van der Waals surface area contributed by atoms with Crippen LogP contribution in [0.25, 0.3) is 0 Å². The van der Waals surface area contributed by atoms with Crippen molar-refractivity contribution >= 4 is 81.9 Å². The summed E-state index contributed by atoms with van der Waals surface area (Å²) in [5.41, 5.74) is 9.41. The quantitative estimate of drug-likeness (QED) is 0.180. The average Bonchev–Trinajstić information content (AvgIpc) is 3.03. The van der Waals surface area contributed by atoms with E-state index in [9.17, 15) is 0 Å². The molecule has 0 amide bonds. The molecule has 1 aliphatic rings. The van der Waals surface area contributed by atoms with E-state index in [4.69, 9.17) is 18.9 Å². The minimum atomic E-state index is 0.662. The second-order valence-electron chi connectivity index (χ2n) is 12.5. The Bertz CT molecular complexity index is 1390. The van der Waals surface area contributed by atoms with Crippen LogP contribution in [0.3, 0.4) is 0 Å². The molecular weight excluding hydrogens is 860 g/mol. The van der Waals surface area contributed by atoms with Crippen molar-refractivity contribution in [1.29, 1.82) is 0 Å². The number of hydrogen-bond acceptors (Lipinski definition) is 4. The van der Waals surface area contributed by atoms with E-state index in [1.165, 1.54) is 44.5 Å². The van der Waals surface area contributed by atoms with E-state index in [0.29, 0.717) is 52.1 Å². The fourth-order valence-corrected chi connectivity index (χ4v) is 8.99. The van der Waals surface area contributed by atoms with Gasteiger partial charge in [-0.2, -0.15) is 0 Å². The predicted octanol–water partition coefficient (Wildman–Crippen LogP) is 3.62. The molecule has 4 aromatic carbocycles. The molecule has 0 saturated carbocycles. The molecule has 1 aliphatic carbocycles. The van der Waals surface area contributed by atoms with Crippen LogP contribution in [0.2, 0.25) is 0 Å². The molecule has 0 N–H and O–H groups in total. The Morgan fingerprint density at radius 1 is 0.354 bits per heavy atom. The molecule has 0 aliphatic heterocycles. The van der Waals surface area contributed by atoms with Crippen LogP contribution in [-0.2, 0) is 25.7 Å². The van der Waals surface area contributed by atoms with Crippen molar-refractivity contribution in [2.24, 2.45) is 0 Å². The Balaban J connectivity index is 1.83. The monoisotopic (exact) mass is 912 g/mol. The predicted molar refractivity (Wildman–Crippen MR) is 207 cm³/mol. The van der Waals surface area contributed by atoms with Gasteiger partial charge in [-0.15, -0.1) is 0 Å². The van der Waals surface area contributed by atoms with Crippen molar-refractivity contribution in [2.45, 2.75) is 79.1 Å². The molecule has 5 rings (SSSR count). The van der Waals surface area contributed by atoms with Crippen LogP contribution >= 0.6 is 0 Å². The van der Waals surface area contributed by atoms with Crippen LogP contribution in [-0.4, -0.2) is 90.5 Å². The van der Waals surface area contributed by atoms with Crippen LogP contribution in [0.15, 0.2) is 48.5 Å². The Morgan fingerprint density at radius 2 is 0.521 bits per heavy atom. The molecule has 0 aromatic heterocycles. The van der Waals surface area contributed by atoms with Gasteiger partial charge in [-0.1, -0.05) is 0 Å². The molecule has 0 heterocycles. The summed E-state index contributed by atoms with van der Waals surface area (Å²) in [5.74, 6) is 3.91. The molecule has 256 valence electrons. The number of rotatable bonds is 12. The van der Waals surface area contributed by atoms with Crippen LogP contribution in [0.5, 0.6) is 23.0 Å². The van der Waals surface area contributed by atoms with Crippen molar-refractivity contribution in [3.05, 3.63) is 93.0 Å². The van der Waals surface area contributed by atoms with E-state index in [1.54, 1.807) is 0 Å². The van der Waals surface area contributed by atoms with E-state index >= 15 is 0 Å². The first-order valence-corrected chi connectivity index (χ1v) is 20.9. The summed E-state index contributed by atoms with van der Waals surface area (Å²) in [5, 5.41) is 0. The van der Waals surface area contributed by atoms with Gasteiger partial charge < -0.3 is 0 Å². The topological polar surface area (TPSA) is 36.9 Å². The molecule has 0 unspecified atom stereocenters. The first kappa shape index (κ1) is 37.4. The fraction of sp³-hybridized carbons (Fsp3) is 0.400. The standard InChI is InChI=1S/C40H48O4Se4/c1-5-9-41-37-25-13-27-19-34(46)21-29(38(27)42-10-6-2)15-31-23-36(48)24-32(40(31)44-12-8-4)16-30-22-35(47)20-28(39(30)43-11-7-3)14-26(37)18-33(45)17-25/h17-24,45-48H,5-16H2,1-4H3. The summed E-state index contributed by atoms with van der Waals surface area (Å²) < 4.78 is 31.3. The van der Waals surface area contributed by atoms with Crippen molar-refractivity contribution in [3.8, 4) is 23.0 Å². The molecule has 48 heavy (non-hydrogen) atoms. The second kappa shape index (κ2) is 17.9. The van der Waals surface area contributed by atoms with E-state index < -0.39 is 0 Å². The number of benzene rings is 4. The van der Waals surface area contributed by atoms with Gasteiger partial charge in [0.05, 0.1) is 0 Å². The van der Waals surface area contributed by atoms with Gasteiger partial charge in [0.1, 0.15) is 0 Å². The molecule has 8 heteroatoms. The Labute approximate surface area is 320 Å². The summed E-state index contributed by atoms with van der Waals surface area (Å²) in [6, 6.07) is 18.2. The molecule has 4 aromatic rings. The van der Waals surface area contributed by atoms with Gasteiger partial charge in [0.15, 0.2) is 0 Å². The molecule has 8 bridgehead atoms. The van der Waals surface area contributed by atoms with Crippen molar-refractivity contribution in [1.82, 2.24) is 0 Å². The van der Waals surface area contributed by atoms with Gasteiger partial charge in [-0.25, -0.2) is 0 Å². The summed E-state index contributed by atoms with van der Waals surface area (Å²) in [7, 11) is 0. The summed E-state index contributed by atoms with van der Waals surface area (Å²) >= 11 is 11.0. The zero-order chi connectivity index (χ0) is 34.2. The van der Waals surface area contributed by atoms with Gasteiger partial charge in [0.2, 0.25) is 0 Å². The normalized spacial score (nSPS) is 12.5. The molecule has 0 atom stereocenters. The van der Waals surface area contributed by atoms with Crippen molar-refractivity contribution in [2.75, 3.05) is 26.4 Å². The van der Waals surface area contributed by atoms with Crippen molar-refractivity contribution < 1.29 is 18.9 Å². The van der Waals surface area contributed by atoms with E-state index in [0.717, 1.165) is 66.5 Å². The zero-order valence-electron chi connectivity index (χ0n) is 28.5. The Kier molecular flexibility index (Phi) is 13.9. The van der Waals surface area contributed by atoms with Crippen LogP contribution in [0.1, 0.15) is 97.9 Å². The summed E-state index contributed by atoms with van der Waals surface area (Å²) in [4.78, 5) is 0. The first-order chi connectivity index (χ1) is 23.2. The van der Waals surface area contributed by atoms with Gasteiger partial charge in [-0.3, -0.25) is 0 Å². The third-order valence-corrected chi connectivity index (χ3v) is 10.4. The van der Waals surface area contributed by atoms with E-state index in [-0.39, 0.29) is 0 Å². The number of ether oxygens (including phenoxy) is 4. The Morgan fingerprint density at radius 3 is 0.667 bits per heavy atom. The third kappa shape index (κ3) is 9.28. The molecule has 0 saturated heterocycles. The van der Waals surface area contributed by atoms with Crippen LogP contribution in [0, 0.1) is 0 Å². The molecular formula is C40H48O4Se4. The summed E-state index contributed by atoms with van der Waals surface area (Å²) in [6.07, 6.45) is 6.59. The molecule has 0 spiro atoms. The second-order valence-corrected chi connectivity index (χ2v) is 16.8. The molecule has 0 fully saturated rings. The zero-order valence-corrected chi connectivity index (χ0v) is 36.0. The van der Waals surface area contributed by atoms with E-state index in [1.807, 2.05) is 0 Å². The number of hydrogen-bond donors (Lipinski definition) is 0. The maximum atomic E-state index is 6.65. The third-order valence-electron chi connectivity index (χ3n) is 8.24. The molecule has 0 radical (unpaired) electrons. The van der Waals surface area contributed by atoms with Crippen LogP contribution in [0.4, 0.5) is 0 Å². The minimum absolute atomic E-state index is 0.662.